The fourth-order valence-corrected chi connectivity index (χ4v) is 6.28. The molecule has 1 aromatic rings. The molecular formula is C24H37NO3. The van der Waals surface area contributed by atoms with Crippen LogP contribution in [0.25, 0.3) is 0 Å². The number of hydrogen-bond donors (Lipinski definition) is 0. The molecule has 0 bridgehead atoms. The Morgan fingerprint density at radius 1 is 1.36 bits per heavy atom. The molecule has 28 heavy (non-hydrogen) atoms. The minimum atomic E-state index is -0.369. The third-order valence-corrected chi connectivity index (χ3v) is 7.67. The van der Waals surface area contributed by atoms with E-state index in [-0.39, 0.29) is 16.8 Å². The van der Waals surface area contributed by atoms with E-state index in [1.807, 2.05) is 6.26 Å². The van der Waals surface area contributed by atoms with Crippen molar-refractivity contribution in [2.24, 2.45) is 22.7 Å². The van der Waals surface area contributed by atoms with Gasteiger partial charge in [-0.15, -0.1) is 0 Å². The molecule has 1 aromatic heterocycles. The van der Waals surface area contributed by atoms with E-state index in [2.05, 4.69) is 45.5 Å². The van der Waals surface area contributed by atoms with Crippen LogP contribution in [-0.2, 0) is 22.5 Å². The molecule has 0 aliphatic heterocycles. The molecule has 0 N–H and O–H groups in total. The summed E-state index contributed by atoms with van der Waals surface area (Å²) in [4.78, 5) is 14.8. The van der Waals surface area contributed by atoms with Gasteiger partial charge in [-0.3, -0.25) is 4.79 Å². The molecule has 1 heterocycles. The van der Waals surface area contributed by atoms with Gasteiger partial charge >= 0.3 is 5.97 Å². The lowest BCUT2D eigenvalue weighted by Crippen LogP contribution is -2.53. The van der Waals surface area contributed by atoms with Crippen molar-refractivity contribution in [2.75, 3.05) is 21.2 Å². The quantitative estimate of drug-likeness (QED) is 0.495. The average Bonchev–Trinajstić information content (AvgIpc) is 3.06. The Bertz CT molecular complexity index is 721. The summed E-state index contributed by atoms with van der Waals surface area (Å²) in [7, 11) is 5.66. The molecule has 4 heteroatoms. The molecule has 3 rings (SSSR count). The minimum absolute atomic E-state index is 0.0298. The number of fused-ring (bicyclic) bond motifs is 1. The second kappa shape index (κ2) is 8.06. The predicted molar refractivity (Wildman–Crippen MR) is 112 cm³/mol. The Hall–Kier alpha value is -1.55. The number of hydrogen-bond acceptors (Lipinski definition) is 4. The summed E-state index contributed by atoms with van der Waals surface area (Å²) in [6.45, 7) is 9.84. The zero-order valence-electron chi connectivity index (χ0n) is 18.3. The molecule has 0 radical (unpaired) electrons. The number of allylic oxidation sites excluding steroid dienone is 1. The van der Waals surface area contributed by atoms with Gasteiger partial charge in [-0.1, -0.05) is 25.5 Å². The largest absolute Gasteiger partial charge is 0.469 e. The van der Waals surface area contributed by atoms with Crippen LogP contribution in [-0.4, -0.2) is 32.1 Å². The third-order valence-electron chi connectivity index (χ3n) is 7.67. The van der Waals surface area contributed by atoms with E-state index in [0.717, 1.165) is 50.8 Å². The van der Waals surface area contributed by atoms with Crippen molar-refractivity contribution >= 4 is 5.97 Å². The van der Waals surface area contributed by atoms with E-state index >= 15 is 0 Å². The molecular weight excluding hydrogens is 350 g/mol. The van der Waals surface area contributed by atoms with Crippen molar-refractivity contribution < 1.29 is 13.9 Å². The lowest BCUT2D eigenvalue weighted by Gasteiger charge is -2.57. The van der Waals surface area contributed by atoms with E-state index in [9.17, 15) is 4.79 Å². The summed E-state index contributed by atoms with van der Waals surface area (Å²) in [5.41, 5.74) is 2.42. The van der Waals surface area contributed by atoms with Crippen LogP contribution < -0.4 is 0 Å². The first-order valence-electron chi connectivity index (χ1n) is 10.7. The van der Waals surface area contributed by atoms with Gasteiger partial charge in [-0.2, -0.15) is 0 Å². The number of carbonyl (C=O) groups excluding carboxylic acids is 1. The van der Waals surface area contributed by atoms with E-state index < -0.39 is 0 Å². The van der Waals surface area contributed by atoms with Gasteiger partial charge in [0.1, 0.15) is 5.76 Å². The summed E-state index contributed by atoms with van der Waals surface area (Å²) < 4.78 is 11.0. The second-order valence-corrected chi connectivity index (χ2v) is 9.72. The van der Waals surface area contributed by atoms with E-state index in [1.54, 1.807) is 0 Å². The van der Waals surface area contributed by atoms with E-state index in [4.69, 9.17) is 9.15 Å². The van der Waals surface area contributed by atoms with Gasteiger partial charge in [0, 0.05) is 0 Å². The van der Waals surface area contributed by atoms with Gasteiger partial charge in [0.25, 0.3) is 0 Å². The van der Waals surface area contributed by atoms with Crippen molar-refractivity contribution in [1.82, 2.24) is 4.90 Å². The van der Waals surface area contributed by atoms with Crippen LogP contribution in [0, 0.1) is 22.7 Å². The highest BCUT2D eigenvalue weighted by atomic mass is 16.5. The van der Waals surface area contributed by atoms with Gasteiger partial charge in [-0.25, -0.2) is 0 Å². The number of aryl methyl sites for hydroxylation is 1. The number of esters is 1. The molecule has 0 aromatic carbocycles. The molecule has 0 saturated heterocycles. The Labute approximate surface area is 170 Å². The maximum atomic E-state index is 12.7. The topological polar surface area (TPSA) is 42.7 Å². The Morgan fingerprint density at radius 3 is 2.79 bits per heavy atom. The van der Waals surface area contributed by atoms with E-state index in [1.165, 1.54) is 24.7 Å². The standard InChI is InChI=1S/C24H37NO3/c1-17-8-11-21-23(2,13-7-14-24(21,3)22(26)27-6)19(17)10-9-18-12-15-28-20(18)16-25(4)5/h12,15,19,21H,1,7-11,13-14,16H2,2-6H3/t19-,21-,23-,24+/m0/s1. The van der Waals surface area contributed by atoms with Gasteiger partial charge in [0.15, 0.2) is 0 Å². The first kappa shape index (κ1) is 21.2. The number of carbonyl (C=O) groups is 1. The van der Waals surface area contributed by atoms with E-state index in [0.29, 0.717) is 11.8 Å². The number of nitrogens with zero attached hydrogens (tertiary/aromatic N) is 1. The fourth-order valence-electron chi connectivity index (χ4n) is 6.28. The summed E-state index contributed by atoms with van der Waals surface area (Å²) >= 11 is 0. The lowest BCUT2D eigenvalue weighted by molar-refractivity contribution is -0.168. The first-order valence-corrected chi connectivity index (χ1v) is 10.7. The lowest BCUT2D eigenvalue weighted by atomic mass is 9.46. The normalized spacial score (nSPS) is 33.0. The Morgan fingerprint density at radius 2 is 2.11 bits per heavy atom. The van der Waals surface area contributed by atoms with Crippen LogP contribution in [0.2, 0.25) is 0 Å². The molecule has 0 amide bonds. The van der Waals surface area contributed by atoms with Crippen LogP contribution in [0.3, 0.4) is 0 Å². The molecule has 2 saturated carbocycles. The fraction of sp³-hybridized carbons (Fsp3) is 0.708. The summed E-state index contributed by atoms with van der Waals surface area (Å²) in [5, 5.41) is 0. The molecule has 2 aliphatic rings. The molecule has 4 nitrogen and oxygen atoms in total. The minimum Gasteiger partial charge on any atom is -0.469 e. The van der Waals surface area contributed by atoms with Crippen molar-refractivity contribution in [2.45, 2.75) is 65.3 Å². The average molecular weight is 388 g/mol. The van der Waals surface area contributed by atoms with Crippen LogP contribution in [0.4, 0.5) is 0 Å². The van der Waals surface area contributed by atoms with Crippen LogP contribution in [0.15, 0.2) is 28.9 Å². The zero-order valence-corrected chi connectivity index (χ0v) is 18.3. The summed E-state index contributed by atoms with van der Waals surface area (Å²) in [6.07, 6.45) is 9.15. The second-order valence-electron chi connectivity index (χ2n) is 9.72. The van der Waals surface area contributed by atoms with Crippen molar-refractivity contribution in [3.63, 3.8) is 0 Å². The first-order chi connectivity index (χ1) is 13.2. The molecule has 4 atom stereocenters. The van der Waals surface area contributed by atoms with Crippen LogP contribution in [0.5, 0.6) is 0 Å². The molecule has 2 aliphatic carbocycles. The van der Waals surface area contributed by atoms with Gasteiger partial charge in [-0.05, 0) is 88.4 Å². The number of furan rings is 1. The monoisotopic (exact) mass is 387 g/mol. The highest BCUT2D eigenvalue weighted by Gasteiger charge is 2.57. The summed E-state index contributed by atoms with van der Waals surface area (Å²) in [5.74, 6) is 1.84. The summed E-state index contributed by atoms with van der Waals surface area (Å²) in [6, 6.07) is 2.11. The number of rotatable bonds is 6. The predicted octanol–water partition coefficient (Wildman–Crippen LogP) is 5.23. The highest BCUT2D eigenvalue weighted by molar-refractivity contribution is 5.77. The Kier molecular flexibility index (Phi) is 6.09. The molecule has 0 unspecified atom stereocenters. The van der Waals surface area contributed by atoms with Crippen molar-refractivity contribution in [3.8, 4) is 0 Å². The smallest absolute Gasteiger partial charge is 0.311 e. The van der Waals surface area contributed by atoms with Crippen molar-refractivity contribution in [1.29, 1.82) is 0 Å². The molecule has 2 fully saturated rings. The zero-order chi connectivity index (χ0) is 20.5. The third kappa shape index (κ3) is 3.68. The van der Waals surface area contributed by atoms with Crippen molar-refractivity contribution in [3.05, 3.63) is 35.8 Å². The maximum Gasteiger partial charge on any atom is 0.311 e. The SMILES string of the molecule is C=C1CC[C@H]2[C@@](C)(CCC[C@@]2(C)C(=O)OC)[C@H]1CCc1ccoc1CN(C)C. The van der Waals surface area contributed by atoms with Crippen LogP contribution >= 0.6 is 0 Å². The van der Waals surface area contributed by atoms with Gasteiger partial charge in [0.05, 0.1) is 25.3 Å². The maximum absolute atomic E-state index is 12.7. The number of methoxy groups -OCH3 is 1. The Balaban J connectivity index is 1.82. The van der Waals surface area contributed by atoms with Gasteiger partial charge in [0.2, 0.25) is 0 Å². The number of ether oxygens (including phenoxy) is 1. The molecule has 0 spiro atoms. The van der Waals surface area contributed by atoms with Gasteiger partial charge < -0.3 is 14.1 Å². The molecule has 156 valence electrons. The highest BCUT2D eigenvalue weighted by Crippen LogP contribution is 2.62. The van der Waals surface area contributed by atoms with Crippen LogP contribution in [0.1, 0.15) is 63.7 Å².